The minimum atomic E-state index is -1.15. The van der Waals surface area contributed by atoms with Gasteiger partial charge in [-0.1, -0.05) is 0 Å². The van der Waals surface area contributed by atoms with Crippen molar-refractivity contribution in [1.29, 1.82) is 5.41 Å². The van der Waals surface area contributed by atoms with E-state index in [0.29, 0.717) is 53.7 Å². The molecule has 0 amide bonds. The van der Waals surface area contributed by atoms with Crippen LogP contribution in [0, 0.1) is 5.41 Å². The molecule has 0 aliphatic heterocycles. The van der Waals surface area contributed by atoms with Gasteiger partial charge in [-0.3, -0.25) is 10.2 Å². The van der Waals surface area contributed by atoms with Crippen molar-refractivity contribution in [2.75, 3.05) is 31.7 Å². The van der Waals surface area contributed by atoms with Crippen LogP contribution in [0.3, 0.4) is 0 Å². The van der Waals surface area contributed by atoms with Gasteiger partial charge in [0, 0.05) is 42.8 Å². The molecule has 2 aromatic carbocycles. The summed E-state index contributed by atoms with van der Waals surface area (Å²) in [6.07, 6.45) is 0.397. The van der Waals surface area contributed by atoms with E-state index in [1.165, 1.54) is 0 Å². The Labute approximate surface area is 203 Å². The lowest BCUT2D eigenvalue weighted by Crippen LogP contribution is -2.22. The van der Waals surface area contributed by atoms with Crippen molar-refractivity contribution in [3.8, 4) is 17.2 Å². The second-order valence-corrected chi connectivity index (χ2v) is 7.05. The number of carboxylic acid groups (broad SMARTS) is 2. The number of benzene rings is 2. The van der Waals surface area contributed by atoms with E-state index in [-0.39, 0.29) is 19.0 Å². The van der Waals surface area contributed by atoms with Crippen molar-refractivity contribution in [1.82, 2.24) is 0 Å². The van der Waals surface area contributed by atoms with Gasteiger partial charge in [-0.15, -0.1) is 0 Å². The zero-order chi connectivity index (χ0) is 26.4. The molecule has 0 aromatic heterocycles. The molecular formula is C24H33N3O8. The molecule has 0 spiro atoms. The van der Waals surface area contributed by atoms with Crippen molar-refractivity contribution < 1.29 is 39.1 Å². The third kappa shape index (κ3) is 9.80. The Morgan fingerprint density at radius 3 is 2.00 bits per heavy atom. The smallest absolute Gasteiger partial charge is 0.330 e. The predicted molar refractivity (Wildman–Crippen MR) is 131 cm³/mol. The number of nitrogen functional groups attached to an aromatic ring is 1. The molecule has 7 N–H and O–H groups in total. The van der Waals surface area contributed by atoms with Gasteiger partial charge in [0.2, 0.25) is 0 Å². The van der Waals surface area contributed by atoms with Gasteiger partial charge in [0.25, 0.3) is 5.97 Å². The maximum absolute atomic E-state index is 12.2. The van der Waals surface area contributed by atoms with E-state index in [1.54, 1.807) is 36.4 Å². The quantitative estimate of drug-likeness (QED) is 0.138. The molecule has 1 atom stereocenters. The molecule has 0 radical (unpaired) electrons. The van der Waals surface area contributed by atoms with Gasteiger partial charge in [0.15, 0.2) is 17.5 Å². The van der Waals surface area contributed by atoms with Gasteiger partial charge in [-0.25, -0.2) is 4.79 Å². The van der Waals surface area contributed by atoms with Crippen LogP contribution in [0.15, 0.2) is 36.4 Å². The molecule has 0 saturated carbocycles. The second kappa shape index (κ2) is 15.0. The lowest BCUT2D eigenvalue weighted by molar-refractivity contribution is -0.138. The van der Waals surface area contributed by atoms with Crippen molar-refractivity contribution in [2.24, 2.45) is 5.73 Å². The van der Waals surface area contributed by atoms with E-state index in [1.807, 2.05) is 13.8 Å². The SMILES string of the molecule is CC(=O)O.CCOc1cc(OCCCO)c(C(Nc2ccc(C(=N)N)cc2)C(=O)O)cc1OCC. The highest BCUT2D eigenvalue weighted by molar-refractivity contribution is 5.95. The average Bonchev–Trinajstić information content (AvgIpc) is 2.79. The number of nitrogens with one attached hydrogen (secondary N) is 2. The number of anilines is 1. The molecule has 1 unspecified atom stereocenters. The Hall–Kier alpha value is -3.99. The molecule has 2 aromatic rings. The van der Waals surface area contributed by atoms with Gasteiger partial charge >= 0.3 is 5.97 Å². The lowest BCUT2D eigenvalue weighted by Gasteiger charge is -2.22. The number of rotatable bonds is 13. The highest BCUT2D eigenvalue weighted by atomic mass is 16.5. The number of hydrogen-bond donors (Lipinski definition) is 6. The summed E-state index contributed by atoms with van der Waals surface area (Å²) in [5.74, 6) is -0.848. The molecule has 35 heavy (non-hydrogen) atoms. The average molecular weight is 492 g/mol. The van der Waals surface area contributed by atoms with Crippen LogP contribution < -0.4 is 25.3 Å². The summed E-state index contributed by atoms with van der Waals surface area (Å²) in [6, 6.07) is 8.62. The summed E-state index contributed by atoms with van der Waals surface area (Å²) in [4.78, 5) is 21.2. The standard InChI is InChI=1S/C22H29N3O6.C2H4O2/c1-3-29-18-12-16(17(31-11-5-10-26)13-19(18)30-4-2)20(22(27)28)25-15-8-6-14(7-9-15)21(23)24;1-2(3)4/h6-9,12-13,20,25-26H,3-5,10-11H2,1-2H3,(H3,23,24)(H,27,28);1H3,(H,3,4). The Morgan fingerprint density at radius 2 is 1.54 bits per heavy atom. The van der Waals surface area contributed by atoms with Crippen molar-refractivity contribution in [2.45, 2.75) is 33.2 Å². The number of carboxylic acids is 2. The molecule has 2 rings (SSSR count). The number of aliphatic hydroxyl groups excluding tert-OH is 1. The summed E-state index contributed by atoms with van der Waals surface area (Å²) < 4.78 is 17.1. The zero-order valence-corrected chi connectivity index (χ0v) is 20.0. The maximum Gasteiger partial charge on any atom is 0.330 e. The van der Waals surface area contributed by atoms with Crippen LogP contribution in [0.4, 0.5) is 5.69 Å². The van der Waals surface area contributed by atoms with Crippen LogP contribution in [-0.4, -0.2) is 59.5 Å². The van der Waals surface area contributed by atoms with Crippen LogP contribution in [-0.2, 0) is 9.59 Å². The predicted octanol–water partition coefficient (Wildman–Crippen LogP) is 2.86. The number of ether oxygens (including phenoxy) is 3. The first-order chi connectivity index (χ1) is 16.6. The monoisotopic (exact) mass is 491 g/mol. The summed E-state index contributed by atoms with van der Waals surface area (Å²) in [7, 11) is 0. The first kappa shape index (κ1) is 29.0. The number of carbonyl (C=O) groups is 2. The van der Waals surface area contributed by atoms with Crippen molar-refractivity contribution in [3.05, 3.63) is 47.5 Å². The van der Waals surface area contributed by atoms with Crippen molar-refractivity contribution >= 4 is 23.5 Å². The lowest BCUT2D eigenvalue weighted by atomic mass is 10.0. The minimum absolute atomic E-state index is 0.0478. The molecular weight excluding hydrogens is 458 g/mol. The van der Waals surface area contributed by atoms with Gasteiger partial charge in [0.05, 0.1) is 19.8 Å². The third-order valence-corrected chi connectivity index (χ3v) is 4.30. The molecule has 0 fully saturated rings. The summed E-state index contributed by atoms with van der Waals surface area (Å²) >= 11 is 0. The van der Waals surface area contributed by atoms with E-state index in [2.05, 4.69) is 5.32 Å². The molecule has 0 aliphatic carbocycles. The highest BCUT2D eigenvalue weighted by Gasteiger charge is 2.26. The van der Waals surface area contributed by atoms with Crippen molar-refractivity contribution in [3.63, 3.8) is 0 Å². The minimum Gasteiger partial charge on any atom is -0.493 e. The van der Waals surface area contributed by atoms with Crippen LogP contribution in [0.25, 0.3) is 0 Å². The first-order valence-corrected chi connectivity index (χ1v) is 10.9. The number of aliphatic hydroxyl groups is 1. The number of amidine groups is 1. The number of nitrogens with two attached hydrogens (primary N) is 1. The molecule has 0 aliphatic rings. The maximum atomic E-state index is 12.2. The molecule has 11 heteroatoms. The fourth-order valence-corrected chi connectivity index (χ4v) is 2.88. The second-order valence-electron chi connectivity index (χ2n) is 7.05. The Kier molecular flexibility index (Phi) is 12.5. The Balaban J connectivity index is 0.00000142. The summed E-state index contributed by atoms with van der Waals surface area (Å²) in [6.45, 7) is 5.68. The van der Waals surface area contributed by atoms with Gasteiger partial charge in [-0.05, 0) is 44.2 Å². The van der Waals surface area contributed by atoms with Gasteiger partial charge in [-0.2, -0.15) is 0 Å². The molecule has 192 valence electrons. The third-order valence-electron chi connectivity index (χ3n) is 4.30. The molecule has 11 nitrogen and oxygen atoms in total. The summed E-state index contributed by atoms with van der Waals surface area (Å²) in [5, 5.41) is 36.9. The van der Waals surface area contributed by atoms with E-state index in [4.69, 9.17) is 40.4 Å². The van der Waals surface area contributed by atoms with Crippen LogP contribution in [0.5, 0.6) is 17.2 Å². The normalized spacial score (nSPS) is 10.9. The van der Waals surface area contributed by atoms with E-state index in [0.717, 1.165) is 6.92 Å². The van der Waals surface area contributed by atoms with Crippen LogP contribution in [0.2, 0.25) is 0 Å². The number of hydrogen-bond acceptors (Lipinski definition) is 8. The highest BCUT2D eigenvalue weighted by Crippen LogP contribution is 2.39. The number of aliphatic carboxylic acids is 2. The largest absolute Gasteiger partial charge is 0.493 e. The zero-order valence-electron chi connectivity index (χ0n) is 20.0. The van der Waals surface area contributed by atoms with Crippen LogP contribution >= 0.6 is 0 Å². The van der Waals surface area contributed by atoms with Gasteiger partial charge in [0.1, 0.15) is 11.6 Å². The first-order valence-electron chi connectivity index (χ1n) is 10.9. The topological polar surface area (TPSA) is 184 Å². The molecule has 0 bridgehead atoms. The Bertz CT molecular complexity index is 975. The fourth-order valence-electron chi connectivity index (χ4n) is 2.88. The molecule has 0 saturated heterocycles. The Morgan fingerprint density at radius 1 is 1.00 bits per heavy atom. The van der Waals surface area contributed by atoms with E-state index in [9.17, 15) is 9.90 Å². The fraction of sp³-hybridized carbons (Fsp3) is 0.375. The molecule has 0 heterocycles. The van der Waals surface area contributed by atoms with E-state index >= 15 is 0 Å². The van der Waals surface area contributed by atoms with E-state index < -0.39 is 18.0 Å². The summed E-state index contributed by atoms with van der Waals surface area (Å²) in [5.41, 5.74) is 6.89. The van der Waals surface area contributed by atoms with Crippen LogP contribution in [0.1, 0.15) is 44.4 Å². The van der Waals surface area contributed by atoms with Gasteiger partial charge < -0.3 is 40.6 Å².